The molecular weight excluding hydrogens is 286 g/mol. The van der Waals surface area contributed by atoms with Gasteiger partial charge in [-0.2, -0.15) is 0 Å². The molecule has 0 saturated heterocycles. The maximum Gasteiger partial charge on any atom is 0.0406 e. The zero-order chi connectivity index (χ0) is 13.9. The maximum absolute atomic E-state index is 6.14. The lowest BCUT2D eigenvalue weighted by atomic mass is 10.0. The van der Waals surface area contributed by atoms with Crippen LogP contribution in [0.5, 0.6) is 0 Å². The summed E-state index contributed by atoms with van der Waals surface area (Å²) in [6.07, 6.45) is 0. The van der Waals surface area contributed by atoms with Gasteiger partial charge >= 0.3 is 0 Å². The summed E-state index contributed by atoms with van der Waals surface area (Å²) >= 11 is 7.68. The Bertz CT molecular complexity index is 738. The quantitative estimate of drug-likeness (QED) is 0.520. The summed E-state index contributed by atoms with van der Waals surface area (Å²) in [6.45, 7) is 0. The van der Waals surface area contributed by atoms with Gasteiger partial charge in [0, 0.05) is 21.4 Å². The number of rotatable bonds is 3. The predicted octanol–water partition coefficient (Wildman–Crippen LogP) is 5.37. The predicted molar refractivity (Wildman–Crippen MR) is 89.4 cm³/mol. The Morgan fingerprint density at radius 2 is 1.65 bits per heavy atom. The third-order valence-corrected chi connectivity index (χ3v) is 4.56. The molecule has 0 aliphatic rings. The van der Waals surface area contributed by atoms with E-state index in [1.807, 2.05) is 30.3 Å². The summed E-state index contributed by atoms with van der Waals surface area (Å²) in [5.41, 5.74) is 8.19. The lowest BCUT2D eigenvalue weighted by Crippen LogP contribution is -1.94. The van der Waals surface area contributed by atoms with Crippen molar-refractivity contribution in [1.82, 2.24) is 0 Å². The fourth-order valence-electron chi connectivity index (χ4n) is 2.20. The van der Waals surface area contributed by atoms with Gasteiger partial charge in [0.25, 0.3) is 0 Å². The number of hydrogen-bond acceptors (Lipinski definition) is 2. The second-order valence-electron chi connectivity index (χ2n) is 4.60. The van der Waals surface area contributed by atoms with E-state index in [0.717, 1.165) is 16.5 Å². The molecular formula is C17H14ClNS. The summed E-state index contributed by atoms with van der Waals surface area (Å²) < 4.78 is 0. The molecule has 0 bridgehead atoms. The smallest absolute Gasteiger partial charge is 0.0406 e. The summed E-state index contributed by atoms with van der Waals surface area (Å²) in [6, 6.07) is 20.3. The molecule has 0 heterocycles. The largest absolute Gasteiger partial charge is 0.398 e. The van der Waals surface area contributed by atoms with Gasteiger partial charge in [0.1, 0.15) is 0 Å². The minimum atomic E-state index is 0.763. The molecule has 3 aromatic carbocycles. The summed E-state index contributed by atoms with van der Waals surface area (Å²) in [5, 5.41) is 3.22. The molecule has 0 atom stereocenters. The Hall–Kier alpha value is -1.64. The molecule has 0 spiro atoms. The summed E-state index contributed by atoms with van der Waals surface area (Å²) in [5.74, 6) is 0.856. The number of hydrogen-bond donors (Lipinski definition) is 1. The highest BCUT2D eigenvalue weighted by Crippen LogP contribution is 2.31. The van der Waals surface area contributed by atoms with E-state index >= 15 is 0 Å². The van der Waals surface area contributed by atoms with Crippen molar-refractivity contribution < 1.29 is 0 Å². The second kappa shape index (κ2) is 5.78. The Kier molecular flexibility index (Phi) is 3.86. The molecule has 100 valence electrons. The standard InChI is InChI=1S/C17H14ClNS/c18-13-6-8-14(9-7-13)20-11-16-15-4-2-1-3-12(15)5-10-17(16)19/h1-10H,11,19H2. The average Bonchev–Trinajstić information content (AvgIpc) is 2.48. The Balaban J connectivity index is 1.90. The Labute approximate surface area is 127 Å². The third kappa shape index (κ3) is 2.77. The molecule has 0 fully saturated rings. The van der Waals surface area contributed by atoms with E-state index in [1.54, 1.807) is 11.8 Å². The van der Waals surface area contributed by atoms with Crippen LogP contribution in [0.4, 0.5) is 5.69 Å². The Morgan fingerprint density at radius 1 is 0.900 bits per heavy atom. The van der Waals surface area contributed by atoms with Crippen LogP contribution in [0.2, 0.25) is 5.02 Å². The SMILES string of the molecule is Nc1ccc2ccccc2c1CSc1ccc(Cl)cc1. The van der Waals surface area contributed by atoms with Gasteiger partial charge in [-0.3, -0.25) is 0 Å². The van der Waals surface area contributed by atoms with Crippen LogP contribution in [0, 0.1) is 0 Å². The van der Waals surface area contributed by atoms with Crippen LogP contribution in [0.15, 0.2) is 65.6 Å². The third-order valence-electron chi connectivity index (χ3n) is 3.27. The minimum Gasteiger partial charge on any atom is -0.398 e. The fraction of sp³-hybridized carbons (Fsp3) is 0.0588. The van der Waals surface area contributed by atoms with Crippen LogP contribution in [-0.2, 0) is 5.75 Å². The van der Waals surface area contributed by atoms with Crippen molar-refractivity contribution in [3.05, 3.63) is 71.2 Å². The normalized spacial score (nSPS) is 10.8. The zero-order valence-electron chi connectivity index (χ0n) is 10.8. The van der Waals surface area contributed by atoms with Crippen LogP contribution in [0.3, 0.4) is 0 Å². The molecule has 1 nitrogen and oxygen atoms in total. The van der Waals surface area contributed by atoms with E-state index < -0.39 is 0 Å². The number of halogens is 1. The van der Waals surface area contributed by atoms with Crippen molar-refractivity contribution >= 4 is 39.8 Å². The molecule has 0 saturated carbocycles. The van der Waals surface area contributed by atoms with Gasteiger partial charge in [-0.25, -0.2) is 0 Å². The molecule has 0 aliphatic carbocycles. The van der Waals surface area contributed by atoms with Crippen LogP contribution in [0.1, 0.15) is 5.56 Å². The molecule has 3 rings (SSSR count). The van der Waals surface area contributed by atoms with Crippen molar-refractivity contribution in [3.8, 4) is 0 Å². The number of nitrogen functional groups attached to an aromatic ring is 1. The van der Waals surface area contributed by atoms with E-state index in [9.17, 15) is 0 Å². The highest BCUT2D eigenvalue weighted by atomic mass is 35.5. The minimum absolute atomic E-state index is 0.763. The van der Waals surface area contributed by atoms with Crippen LogP contribution in [0.25, 0.3) is 10.8 Å². The molecule has 0 unspecified atom stereocenters. The summed E-state index contributed by atoms with van der Waals surface area (Å²) in [4.78, 5) is 1.20. The monoisotopic (exact) mass is 299 g/mol. The van der Waals surface area contributed by atoms with Gasteiger partial charge in [0.2, 0.25) is 0 Å². The number of anilines is 1. The first-order valence-electron chi connectivity index (χ1n) is 6.38. The lowest BCUT2D eigenvalue weighted by Gasteiger charge is -2.10. The van der Waals surface area contributed by atoms with Crippen molar-refractivity contribution in [3.63, 3.8) is 0 Å². The number of thioether (sulfide) groups is 1. The molecule has 20 heavy (non-hydrogen) atoms. The highest BCUT2D eigenvalue weighted by Gasteiger charge is 2.06. The van der Waals surface area contributed by atoms with Gasteiger partial charge in [-0.1, -0.05) is 41.9 Å². The average molecular weight is 300 g/mol. The van der Waals surface area contributed by atoms with Crippen molar-refractivity contribution in [2.75, 3.05) is 5.73 Å². The van der Waals surface area contributed by atoms with E-state index in [0.29, 0.717) is 0 Å². The van der Waals surface area contributed by atoms with Crippen molar-refractivity contribution in [2.24, 2.45) is 0 Å². The van der Waals surface area contributed by atoms with Gasteiger partial charge in [-0.05, 0) is 46.7 Å². The molecule has 0 aromatic heterocycles. The van der Waals surface area contributed by atoms with Gasteiger partial charge in [0.15, 0.2) is 0 Å². The highest BCUT2D eigenvalue weighted by molar-refractivity contribution is 7.98. The van der Waals surface area contributed by atoms with E-state index in [1.165, 1.54) is 21.2 Å². The first kappa shape index (κ1) is 13.3. The first-order valence-corrected chi connectivity index (χ1v) is 7.75. The van der Waals surface area contributed by atoms with Crippen LogP contribution in [-0.4, -0.2) is 0 Å². The van der Waals surface area contributed by atoms with Gasteiger partial charge < -0.3 is 5.73 Å². The second-order valence-corrected chi connectivity index (χ2v) is 6.08. The van der Waals surface area contributed by atoms with Crippen LogP contribution < -0.4 is 5.73 Å². The molecule has 3 heteroatoms. The van der Waals surface area contributed by atoms with E-state index in [-0.39, 0.29) is 0 Å². The van der Waals surface area contributed by atoms with Crippen molar-refractivity contribution in [1.29, 1.82) is 0 Å². The van der Waals surface area contributed by atoms with Gasteiger partial charge in [0.05, 0.1) is 0 Å². The summed E-state index contributed by atoms with van der Waals surface area (Å²) in [7, 11) is 0. The molecule has 0 amide bonds. The van der Waals surface area contributed by atoms with E-state index in [2.05, 4.69) is 30.3 Å². The van der Waals surface area contributed by atoms with Crippen LogP contribution >= 0.6 is 23.4 Å². The van der Waals surface area contributed by atoms with Gasteiger partial charge in [-0.15, -0.1) is 11.8 Å². The van der Waals surface area contributed by atoms with Crippen molar-refractivity contribution in [2.45, 2.75) is 10.6 Å². The fourth-order valence-corrected chi connectivity index (χ4v) is 3.29. The first-order chi connectivity index (χ1) is 9.74. The van der Waals surface area contributed by atoms with E-state index in [4.69, 9.17) is 17.3 Å². The molecule has 0 radical (unpaired) electrons. The topological polar surface area (TPSA) is 26.0 Å². The molecule has 3 aromatic rings. The number of benzene rings is 3. The Morgan fingerprint density at radius 3 is 2.45 bits per heavy atom. The maximum atomic E-state index is 6.14. The number of fused-ring (bicyclic) bond motifs is 1. The molecule has 0 aliphatic heterocycles. The lowest BCUT2D eigenvalue weighted by molar-refractivity contribution is 1.41. The zero-order valence-corrected chi connectivity index (χ0v) is 12.4. The molecule has 2 N–H and O–H groups in total. The number of nitrogens with two attached hydrogens (primary N) is 1.